The Morgan fingerprint density at radius 3 is 2.42 bits per heavy atom. The maximum Gasteiger partial charge on any atom is 0.269 e. The van der Waals surface area contributed by atoms with E-state index in [0.29, 0.717) is 24.3 Å². The smallest absolute Gasteiger partial charge is 0.269 e. The van der Waals surface area contributed by atoms with E-state index in [4.69, 9.17) is 4.74 Å². The molecule has 4 aromatic rings. The molecule has 0 bridgehead atoms. The van der Waals surface area contributed by atoms with Crippen LogP contribution in [0.4, 0.5) is 11.4 Å². The first-order valence-electron chi connectivity index (χ1n) is 10.4. The minimum Gasteiger partial charge on any atom is -0.493 e. The van der Waals surface area contributed by atoms with Crippen molar-refractivity contribution in [2.45, 2.75) is 12.8 Å². The van der Waals surface area contributed by atoms with Gasteiger partial charge < -0.3 is 15.0 Å². The maximum absolute atomic E-state index is 12.3. The van der Waals surface area contributed by atoms with Crippen LogP contribution in [0.1, 0.15) is 11.1 Å². The van der Waals surface area contributed by atoms with Gasteiger partial charge in [-0.1, -0.05) is 36.4 Å². The number of aromatic nitrogens is 2. The summed E-state index contributed by atoms with van der Waals surface area (Å²) < 4.78 is 5.99. The summed E-state index contributed by atoms with van der Waals surface area (Å²) in [6, 6.07) is 21.4. The normalized spacial score (nSPS) is 10.5. The second kappa shape index (κ2) is 10.2. The van der Waals surface area contributed by atoms with Crippen LogP contribution in [0.25, 0.3) is 11.3 Å². The SMILES string of the molecule is O=C(Cc1ccc([N+](=O)[O-])cc1)Nc1ccc(CCOc2ccccc2-c2cnc[nH]2)cc1. The second-order valence-electron chi connectivity index (χ2n) is 7.41. The maximum atomic E-state index is 12.3. The number of anilines is 1. The lowest BCUT2D eigenvalue weighted by Crippen LogP contribution is -2.14. The molecule has 1 amide bonds. The van der Waals surface area contributed by atoms with Gasteiger partial charge in [0.1, 0.15) is 5.75 Å². The first-order valence-corrected chi connectivity index (χ1v) is 10.4. The number of carbonyl (C=O) groups excluding carboxylic acids is 1. The highest BCUT2D eigenvalue weighted by molar-refractivity contribution is 5.92. The molecule has 0 spiro atoms. The van der Waals surface area contributed by atoms with Crippen LogP contribution in [0.15, 0.2) is 85.3 Å². The van der Waals surface area contributed by atoms with Gasteiger partial charge in [0.15, 0.2) is 0 Å². The number of rotatable bonds is 9. The molecule has 1 heterocycles. The number of nitrogens with one attached hydrogen (secondary N) is 2. The number of hydrogen-bond acceptors (Lipinski definition) is 5. The number of carbonyl (C=O) groups is 1. The van der Waals surface area contributed by atoms with Crippen LogP contribution < -0.4 is 10.1 Å². The molecule has 8 nitrogen and oxygen atoms in total. The molecule has 0 atom stereocenters. The number of non-ortho nitro benzene ring substituents is 1. The van der Waals surface area contributed by atoms with E-state index in [-0.39, 0.29) is 18.0 Å². The predicted molar refractivity (Wildman–Crippen MR) is 125 cm³/mol. The van der Waals surface area contributed by atoms with Gasteiger partial charge >= 0.3 is 0 Å². The summed E-state index contributed by atoms with van der Waals surface area (Å²) in [4.78, 5) is 29.7. The summed E-state index contributed by atoms with van der Waals surface area (Å²) in [5.41, 5.74) is 4.35. The highest BCUT2D eigenvalue weighted by Crippen LogP contribution is 2.28. The van der Waals surface area contributed by atoms with Gasteiger partial charge in [0.25, 0.3) is 5.69 Å². The molecule has 166 valence electrons. The molecule has 0 aliphatic rings. The molecule has 0 radical (unpaired) electrons. The molecule has 0 saturated carbocycles. The van der Waals surface area contributed by atoms with E-state index < -0.39 is 4.92 Å². The van der Waals surface area contributed by atoms with Gasteiger partial charge in [0.2, 0.25) is 5.91 Å². The van der Waals surface area contributed by atoms with Gasteiger partial charge in [-0.15, -0.1) is 0 Å². The third-order valence-electron chi connectivity index (χ3n) is 5.07. The molecule has 0 saturated heterocycles. The van der Waals surface area contributed by atoms with Crippen molar-refractivity contribution in [3.63, 3.8) is 0 Å². The predicted octanol–water partition coefficient (Wildman–Crippen LogP) is 4.79. The van der Waals surface area contributed by atoms with Crippen LogP contribution in [-0.4, -0.2) is 27.4 Å². The second-order valence-corrected chi connectivity index (χ2v) is 7.41. The van der Waals surface area contributed by atoms with Gasteiger partial charge in [-0.25, -0.2) is 4.98 Å². The molecular formula is C25H22N4O4. The summed E-state index contributed by atoms with van der Waals surface area (Å²) in [6.45, 7) is 0.511. The Morgan fingerprint density at radius 1 is 1.00 bits per heavy atom. The molecule has 0 fully saturated rings. The van der Waals surface area contributed by atoms with E-state index in [0.717, 1.165) is 22.6 Å². The number of imidazole rings is 1. The minimum absolute atomic E-state index is 0.00326. The highest BCUT2D eigenvalue weighted by atomic mass is 16.6. The third-order valence-corrected chi connectivity index (χ3v) is 5.07. The van der Waals surface area contributed by atoms with E-state index >= 15 is 0 Å². The fourth-order valence-electron chi connectivity index (χ4n) is 3.38. The molecule has 2 N–H and O–H groups in total. The quantitative estimate of drug-likeness (QED) is 0.286. The number of nitro groups is 1. The number of benzene rings is 3. The summed E-state index contributed by atoms with van der Waals surface area (Å²) >= 11 is 0. The Kier molecular flexibility index (Phi) is 6.75. The Balaban J connectivity index is 1.27. The Hall–Kier alpha value is -4.46. The summed E-state index contributed by atoms with van der Waals surface area (Å²) in [5.74, 6) is 0.604. The number of hydrogen-bond donors (Lipinski definition) is 2. The standard InChI is InChI=1S/C25H22N4O4/c30-25(15-19-7-11-21(12-8-19)29(31)32)28-20-9-5-18(6-10-20)13-14-33-24-4-2-1-3-22(24)23-16-26-17-27-23/h1-12,16-17H,13-15H2,(H,26,27)(H,28,30). The highest BCUT2D eigenvalue weighted by Gasteiger charge is 2.09. The van der Waals surface area contributed by atoms with Gasteiger partial charge in [-0.2, -0.15) is 0 Å². The van der Waals surface area contributed by atoms with Crippen LogP contribution in [0.5, 0.6) is 5.75 Å². The number of H-pyrrole nitrogens is 1. The average Bonchev–Trinajstić information content (AvgIpc) is 3.36. The molecule has 4 rings (SSSR count). The van der Waals surface area contributed by atoms with Crippen molar-refractivity contribution in [1.82, 2.24) is 9.97 Å². The topological polar surface area (TPSA) is 110 Å². The van der Waals surface area contributed by atoms with Crippen LogP contribution in [-0.2, 0) is 17.6 Å². The number of nitro benzene ring substituents is 1. The zero-order valence-corrected chi connectivity index (χ0v) is 17.7. The van der Waals surface area contributed by atoms with Gasteiger partial charge in [0, 0.05) is 29.8 Å². The van der Waals surface area contributed by atoms with Crippen LogP contribution in [0.3, 0.4) is 0 Å². The van der Waals surface area contributed by atoms with Crippen LogP contribution in [0.2, 0.25) is 0 Å². The molecule has 33 heavy (non-hydrogen) atoms. The van der Waals surface area contributed by atoms with Crippen molar-refractivity contribution in [3.05, 3.63) is 107 Å². The van der Waals surface area contributed by atoms with E-state index in [1.54, 1.807) is 24.7 Å². The van der Waals surface area contributed by atoms with Crippen molar-refractivity contribution in [2.75, 3.05) is 11.9 Å². The zero-order valence-electron chi connectivity index (χ0n) is 17.7. The molecular weight excluding hydrogens is 420 g/mol. The lowest BCUT2D eigenvalue weighted by Gasteiger charge is -2.11. The fourth-order valence-corrected chi connectivity index (χ4v) is 3.38. The van der Waals surface area contributed by atoms with Gasteiger partial charge in [0.05, 0.1) is 36.2 Å². The Morgan fingerprint density at radius 2 is 1.73 bits per heavy atom. The summed E-state index contributed by atoms with van der Waals surface area (Å²) in [6.07, 6.45) is 4.26. The fraction of sp³-hybridized carbons (Fsp3) is 0.120. The third kappa shape index (κ3) is 5.82. The summed E-state index contributed by atoms with van der Waals surface area (Å²) in [5, 5.41) is 13.6. The lowest BCUT2D eigenvalue weighted by atomic mass is 10.1. The zero-order chi connectivity index (χ0) is 23.0. The van der Waals surface area contributed by atoms with E-state index in [1.165, 1.54) is 12.1 Å². The minimum atomic E-state index is -0.464. The number of aromatic amines is 1. The van der Waals surface area contributed by atoms with E-state index in [1.807, 2.05) is 48.5 Å². The first kappa shape index (κ1) is 21.8. The van der Waals surface area contributed by atoms with E-state index in [2.05, 4.69) is 15.3 Å². The van der Waals surface area contributed by atoms with Crippen molar-refractivity contribution >= 4 is 17.3 Å². The number of nitrogens with zero attached hydrogens (tertiary/aromatic N) is 2. The number of ether oxygens (including phenoxy) is 1. The van der Waals surface area contributed by atoms with Crippen molar-refractivity contribution < 1.29 is 14.5 Å². The molecule has 0 aliphatic heterocycles. The van der Waals surface area contributed by atoms with Crippen LogP contribution >= 0.6 is 0 Å². The molecule has 0 unspecified atom stereocenters. The summed E-state index contributed by atoms with van der Waals surface area (Å²) in [7, 11) is 0. The molecule has 8 heteroatoms. The first-order chi connectivity index (χ1) is 16.1. The molecule has 1 aromatic heterocycles. The number of amides is 1. The van der Waals surface area contributed by atoms with Crippen LogP contribution in [0, 0.1) is 10.1 Å². The van der Waals surface area contributed by atoms with Crippen molar-refractivity contribution in [3.8, 4) is 17.0 Å². The van der Waals surface area contributed by atoms with Crippen molar-refractivity contribution in [1.29, 1.82) is 0 Å². The monoisotopic (exact) mass is 442 g/mol. The van der Waals surface area contributed by atoms with E-state index in [9.17, 15) is 14.9 Å². The Bertz CT molecular complexity index is 1220. The van der Waals surface area contributed by atoms with Gasteiger partial charge in [-0.3, -0.25) is 14.9 Å². The number of para-hydroxylation sites is 1. The Labute approximate surface area is 190 Å². The lowest BCUT2D eigenvalue weighted by molar-refractivity contribution is -0.384. The van der Waals surface area contributed by atoms with Gasteiger partial charge in [-0.05, 0) is 35.4 Å². The molecule has 0 aliphatic carbocycles. The largest absolute Gasteiger partial charge is 0.493 e. The van der Waals surface area contributed by atoms with Crippen molar-refractivity contribution in [2.24, 2.45) is 0 Å². The molecule has 3 aromatic carbocycles. The average molecular weight is 442 g/mol.